The van der Waals surface area contributed by atoms with Crippen LogP contribution < -0.4 is 9.62 Å². The smallest absolute Gasteiger partial charge is 0.340 e. The molecule has 32 heavy (non-hydrogen) atoms. The predicted octanol–water partition coefficient (Wildman–Crippen LogP) is 2.28. The van der Waals surface area contributed by atoms with E-state index in [-0.39, 0.29) is 36.6 Å². The van der Waals surface area contributed by atoms with Gasteiger partial charge >= 0.3 is 5.97 Å². The quantitative estimate of drug-likeness (QED) is 0.550. The third kappa shape index (κ3) is 5.44. The minimum Gasteiger partial charge on any atom is -0.462 e. The van der Waals surface area contributed by atoms with Crippen LogP contribution in [0, 0.1) is 24.2 Å². The molecule has 1 amide bonds. The van der Waals surface area contributed by atoms with Crippen molar-refractivity contribution in [2.24, 2.45) is 5.92 Å². The summed E-state index contributed by atoms with van der Waals surface area (Å²) in [7, 11) is -3.85. The summed E-state index contributed by atoms with van der Waals surface area (Å²) >= 11 is 3.29. The summed E-state index contributed by atoms with van der Waals surface area (Å²) in [4.78, 5) is 30.5. The Labute approximate surface area is 194 Å². The van der Waals surface area contributed by atoms with Crippen LogP contribution in [0.2, 0.25) is 0 Å². The molecule has 0 bridgehead atoms. The third-order valence-electron chi connectivity index (χ3n) is 4.86. The topological polar surface area (TPSA) is 129 Å². The van der Waals surface area contributed by atoms with Gasteiger partial charge in [0.05, 0.1) is 35.1 Å². The number of nitrogens with one attached hydrogen (secondary N) is 1. The molecule has 9 nitrogen and oxygen atoms in total. The molecule has 1 aliphatic rings. The van der Waals surface area contributed by atoms with Crippen LogP contribution in [0.25, 0.3) is 0 Å². The van der Waals surface area contributed by atoms with E-state index in [1.165, 1.54) is 6.07 Å². The molecule has 0 saturated carbocycles. The first-order valence-electron chi connectivity index (χ1n) is 9.76. The molecule has 11 heteroatoms. The maximum absolute atomic E-state index is 12.4. The van der Waals surface area contributed by atoms with Gasteiger partial charge in [0.25, 0.3) is 0 Å². The Bertz CT molecular complexity index is 1200. The standard InChI is InChI=1S/C21H21BrN4O5S/c1-3-31-21(28)18-8-15(9-23)19(24-13(18)2)26-10-16(11-26)20(27)25-32(29,30)12-14-5-4-6-17(22)7-14/h4-8,16H,3,10-12H2,1-2H3,(H,25,27). The first-order chi connectivity index (χ1) is 15.1. The number of hydrogen-bond donors (Lipinski definition) is 1. The van der Waals surface area contributed by atoms with Gasteiger partial charge in [-0.2, -0.15) is 5.26 Å². The highest BCUT2D eigenvalue weighted by molar-refractivity contribution is 9.10. The van der Waals surface area contributed by atoms with Crippen LogP contribution in [0.15, 0.2) is 34.8 Å². The Balaban J connectivity index is 1.65. The van der Waals surface area contributed by atoms with Crippen molar-refractivity contribution >= 4 is 43.6 Å². The summed E-state index contributed by atoms with van der Waals surface area (Å²) in [5.74, 6) is -1.69. The van der Waals surface area contributed by atoms with E-state index < -0.39 is 27.8 Å². The molecule has 2 aromatic rings. The molecule has 1 aliphatic heterocycles. The summed E-state index contributed by atoms with van der Waals surface area (Å²) < 4.78 is 32.6. The molecule has 0 unspecified atom stereocenters. The monoisotopic (exact) mass is 520 g/mol. The van der Waals surface area contributed by atoms with Crippen LogP contribution >= 0.6 is 15.9 Å². The number of aromatic nitrogens is 1. The lowest BCUT2D eigenvalue weighted by molar-refractivity contribution is -0.123. The van der Waals surface area contributed by atoms with Gasteiger partial charge in [-0.1, -0.05) is 28.1 Å². The molecule has 1 saturated heterocycles. The number of aryl methyl sites for hydroxylation is 1. The van der Waals surface area contributed by atoms with Crippen molar-refractivity contribution in [1.82, 2.24) is 9.71 Å². The largest absolute Gasteiger partial charge is 0.462 e. The van der Waals surface area contributed by atoms with Gasteiger partial charge < -0.3 is 9.64 Å². The minimum absolute atomic E-state index is 0.180. The van der Waals surface area contributed by atoms with Crippen molar-refractivity contribution in [2.45, 2.75) is 19.6 Å². The highest BCUT2D eigenvalue weighted by Gasteiger charge is 2.36. The van der Waals surface area contributed by atoms with Crippen LogP contribution in [0.4, 0.5) is 5.82 Å². The van der Waals surface area contributed by atoms with Gasteiger partial charge in [-0.25, -0.2) is 18.2 Å². The van der Waals surface area contributed by atoms with E-state index in [9.17, 15) is 23.3 Å². The number of carbonyl (C=O) groups excluding carboxylic acids is 2. The number of benzene rings is 1. The molecule has 168 valence electrons. The lowest BCUT2D eigenvalue weighted by atomic mass is 9.98. The van der Waals surface area contributed by atoms with Crippen molar-refractivity contribution in [3.8, 4) is 6.07 Å². The van der Waals surface area contributed by atoms with E-state index in [0.717, 1.165) is 4.47 Å². The molecular formula is C21H21BrN4O5S. The van der Waals surface area contributed by atoms with Gasteiger partial charge in [-0.05, 0) is 37.6 Å². The SMILES string of the molecule is CCOC(=O)c1cc(C#N)c(N2CC(C(=O)NS(=O)(=O)Cc3cccc(Br)c3)C2)nc1C. The van der Waals surface area contributed by atoms with E-state index >= 15 is 0 Å². The number of carbonyl (C=O) groups is 2. The van der Waals surface area contributed by atoms with Gasteiger partial charge in [-0.15, -0.1) is 0 Å². The van der Waals surface area contributed by atoms with Gasteiger partial charge in [0.15, 0.2) is 0 Å². The lowest BCUT2D eigenvalue weighted by Crippen LogP contribution is -2.55. The zero-order valence-electron chi connectivity index (χ0n) is 17.5. The van der Waals surface area contributed by atoms with E-state index in [4.69, 9.17) is 4.74 Å². The van der Waals surface area contributed by atoms with Gasteiger partial charge in [0, 0.05) is 17.6 Å². The number of ether oxygens (including phenoxy) is 1. The van der Waals surface area contributed by atoms with Crippen molar-refractivity contribution in [3.63, 3.8) is 0 Å². The zero-order valence-corrected chi connectivity index (χ0v) is 19.9. The summed E-state index contributed by atoms with van der Waals surface area (Å²) in [5, 5.41) is 9.47. The van der Waals surface area contributed by atoms with Crippen LogP contribution in [-0.2, 0) is 25.3 Å². The average molecular weight is 521 g/mol. The van der Waals surface area contributed by atoms with Crippen LogP contribution in [0.3, 0.4) is 0 Å². The fourth-order valence-corrected chi connectivity index (χ4v) is 4.88. The molecule has 1 fully saturated rings. The first-order valence-corrected chi connectivity index (χ1v) is 12.2. The first kappa shape index (κ1) is 23.7. The lowest BCUT2D eigenvalue weighted by Gasteiger charge is -2.39. The molecule has 0 spiro atoms. The second kappa shape index (κ2) is 9.67. The molecule has 1 N–H and O–H groups in total. The van der Waals surface area contributed by atoms with Crippen LogP contribution in [-0.4, -0.2) is 45.0 Å². The van der Waals surface area contributed by atoms with Gasteiger partial charge in [0.2, 0.25) is 15.9 Å². The van der Waals surface area contributed by atoms with Crippen LogP contribution in [0.5, 0.6) is 0 Å². The average Bonchev–Trinajstić information content (AvgIpc) is 2.66. The highest BCUT2D eigenvalue weighted by Crippen LogP contribution is 2.28. The van der Waals surface area contributed by atoms with Gasteiger partial charge in [0.1, 0.15) is 11.9 Å². The molecule has 1 aromatic carbocycles. The van der Waals surface area contributed by atoms with Gasteiger partial charge in [-0.3, -0.25) is 9.52 Å². The molecule has 0 aliphatic carbocycles. The Morgan fingerprint density at radius 2 is 2.06 bits per heavy atom. The second-order valence-electron chi connectivity index (χ2n) is 7.28. The van der Waals surface area contributed by atoms with E-state index in [1.54, 1.807) is 43.0 Å². The molecule has 0 radical (unpaired) electrons. The highest BCUT2D eigenvalue weighted by atomic mass is 79.9. The third-order valence-corrected chi connectivity index (χ3v) is 6.58. The van der Waals surface area contributed by atoms with Crippen molar-refractivity contribution in [2.75, 3.05) is 24.6 Å². The zero-order chi connectivity index (χ0) is 23.5. The fraction of sp³-hybridized carbons (Fsp3) is 0.333. The second-order valence-corrected chi connectivity index (χ2v) is 9.92. The Morgan fingerprint density at radius 3 is 2.69 bits per heavy atom. The summed E-state index contributed by atoms with van der Waals surface area (Å²) in [6.07, 6.45) is 0. The maximum Gasteiger partial charge on any atom is 0.340 e. The van der Waals surface area contributed by atoms with Crippen molar-refractivity contribution in [3.05, 3.63) is 57.2 Å². The summed E-state index contributed by atoms with van der Waals surface area (Å²) in [6, 6.07) is 10.3. The number of sulfonamides is 1. The Morgan fingerprint density at radius 1 is 1.34 bits per heavy atom. The maximum atomic E-state index is 12.4. The van der Waals surface area contributed by atoms with Crippen LogP contribution in [0.1, 0.15) is 34.1 Å². The number of nitriles is 1. The predicted molar refractivity (Wildman–Crippen MR) is 120 cm³/mol. The van der Waals surface area contributed by atoms with E-state index in [1.807, 2.05) is 6.07 Å². The number of hydrogen-bond acceptors (Lipinski definition) is 8. The molecule has 0 atom stereocenters. The molecule has 1 aromatic heterocycles. The van der Waals surface area contributed by atoms with E-state index in [2.05, 4.69) is 25.6 Å². The normalized spacial score (nSPS) is 13.8. The number of esters is 1. The number of pyridine rings is 1. The number of rotatable bonds is 7. The number of nitrogens with zero attached hydrogens (tertiary/aromatic N) is 3. The number of halogens is 1. The van der Waals surface area contributed by atoms with Crippen molar-refractivity contribution in [1.29, 1.82) is 5.26 Å². The molecule has 2 heterocycles. The summed E-state index contributed by atoms with van der Waals surface area (Å²) in [5.41, 5.74) is 1.34. The summed E-state index contributed by atoms with van der Waals surface area (Å²) in [6.45, 7) is 3.94. The minimum atomic E-state index is -3.85. The molecule has 3 rings (SSSR count). The number of amides is 1. The van der Waals surface area contributed by atoms with Crippen molar-refractivity contribution < 1.29 is 22.7 Å². The Kier molecular flexibility index (Phi) is 7.16. The molecular weight excluding hydrogens is 500 g/mol. The fourth-order valence-electron chi connectivity index (χ4n) is 3.27. The Hall–Kier alpha value is -2.97. The van der Waals surface area contributed by atoms with E-state index in [0.29, 0.717) is 17.1 Å². The number of anilines is 1.